The van der Waals surface area contributed by atoms with Gasteiger partial charge >= 0.3 is 0 Å². The molecule has 1 saturated heterocycles. The summed E-state index contributed by atoms with van der Waals surface area (Å²) in [4.78, 5) is 4.21. The van der Waals surface area contributed by atoms with Gasteiger partial charge < -0.3 is 5.32 Å². The van der Waals surface area contributed by atoms with Crippen molar-refractivity contribution in [2.24, 2.45) is 10.8 Å². The quantitative estimate of drug-likeness (QED) is 0.324. The van der Waals surface area contributed by atoms with Gasteiger partial charge in [-0.05, 0) is 25.0 Å². The third-order valence-corrected chi connectivity index (χ3v) is 5.35. The monoisotopic (exact) mass is 282 g/mol. The lowest BCUT2D eigenvalue weighted by Crippen LogP contribution is -2.37. The van der Waals surface area contributed by atoms with Gasteiger partial charge in [-0.2, -0.15) is 0 Å². The molecule has 1 aromatic carbocycles. The number of hydrogen-bond donors (Lipinski definition) is 3. The van der Waals surface area contributed by atoms with Crippen LogP contribution in [0.5, 0.6) is 0 Å². The first-order valence-corrected chi connectivity index (χ1v) is 7.88. The van der Waals surface area contributed by atoms with Gasteiger partial charge in [-0.3, -0.25) is 10.4 Å². The van der Waals surface area contributed by atoms with Gasteiger partial charge in [0, 0.05) is 5.69 Å². The highest BCUT2D eigenvalue weighted by Gasteiger charge is 2.30. The molecule has 1 heterocycles. The van der Waals surface area contributed by atoms with E-state index in [1.807, 2.05) is 30.3 Å². The Morgan fingerprint density at radius 3 is 2.68 bits per heavy atom. The van der Waals surface area contributed by atoms with E-state index < -0.39 is 9.84 Å². The van der Waals surface area contributed by atoms with Crippen molar-refractivity contribution in [3.63, 3.8) is 0 Å². The molecule has 6 nitrogen and oxygen atoms in total. The van der Waals surface area contributed by atoms with Crippen molar-refractivity contribution in [3.8, 4) is 0 Å². The Labute approximate surface area is 113 Å². The van der Waals surface area contributed by atoms with Crippen molar-refractivity contribution < 1.29 is 8.42 Å². The summed E-state index contributed by atoms with van der Waals surface area (Å²) in [6.45, 7) is 0.238. The van der Waals surface area contributed by atoms with Crippen molar-refractivity contribution in [1.82, 2.24) is 5.43 Å². The van der Waals surface area contributed by atoms with E-state index in [0.717, 1.165) is 12.1 Å². The maximum absolute atomic E-state index is 11.7. The average Bonchev–Trinajstić information content (AvgIpc) is 2.75. The number of guanidine groups is 1. The number of rotatable bonds is 3. The lowest BCUT2D eigenvalue weighted by atomic mass is 10.2. The Balaban J connectivity index is 2.00. The van der Waals surface area contributed by atoms with Gasteiger partial charge in [0.2, 0.25) is 5.96 Å². The van der Waals surface area contributed by atoms with Gasteiger partial charge in [0.25, 0.3) is 0 Å². The number of hydrazine groups is 1. The second kappa shape index (κ2) is 6.03. The van der Waals surface area contributed by atoms with Crippen molar-refractivity contribution in [2.45, 2.75) is 18.1 Å². The molecule has 0 aromatic heterocycles. The molecule has 0 amide bonds. The molecule has 7 heteroatoms. The Bertz CT molecular complexity index is 542. The molecule has 2 rings (SSSR count). The van der Waals surface area contributed by atoms with Gasteiger partial charge in [-0.1, -0.05) is 18.2 Å². The standard InChI is InChI=1S/C12H18N4O2S/c13-16-12(15-10-5-2-1-3-6-10)14-9-11-7-4-8-19(11,17)18/h1-3,5-6,11H,4,7-9,13H2,(H2,14,15,16). The Morgan fingerprint density at radius 1 is 1.37 bits per heavy atom. The highest BCUT2D eigenvalue weighted by atomic mass is 32.2. The average molecular weight is 282 g/mol. The maximum Gasteiger partial charge on any atom is 0.210 e. The second-order valence-corrected chi connectivity index (χ2v) is 6.86. The number of anilines is 1. The normalized spacial score (nSPS) is 22.2. The summed E-state index contributed by atoms with van der Waals surface area (Å²) in [7, 11) is -2.97. The van der Waals surface area contributed by atoms with E-state index in [1.54, 1.807) is 0 Å². The molecule has 0 saturated carbocycles. The molecule has 1 unspecified atom stereocenters. The molecule has 1 aliphatic heterocycles. The minimum absolute atomic E-state index is 0.238. The van der Waals surface area contributed by atoms with Crippen LogP contribution in [0.2, 0.25) is 0 Å². The van der Waals surface area contributed by atoms with E-state index >= 15 is 0 Å². The molecule has 0 spiro atoms. The molecule has 0 aliphatic carbocycles. The summed E-state index contributed by atoms with van der Waals surface area (Å²) in [6.07, 6.45) is 1.40. The van der Waals surface area contributed by atoms with Crippen molar-refractivity contribution >= 4 is 21.5 Å². The minimum Gasteiger partial charge on any atom is -0.325 e. The fourth-order valence-corrected chi connectivity index (χ4v) is 3.77. The van der Waals surface area contributed by atoms with Crippen LogP contribution in [0.4, 0.5) is 5.69 Å². The summed E-state index contributed by atoms with van der Waals surface area (Å²) >= 11 is 0. The molecule has 1 aromatic rings. The van der Waals surface area contributed by atoms with E-state index in [-0.39, 0.29) is 17.5 Å². The van der Waals surface area contributed by atoms with E-state index in [4.69, 9.17) is 5.84 Å². The zero-order valence-electron chi connectivity index (χ0n) is 10.5. The molecule has 1 fully saturated rings. The molecule has 0 bridgehead atoms. The number of benzene rings is 1. The van der Waals surface area contributed by atoms with Crippen LogP contribution in [0, 0.1) is 0 Å². The van der Waals surface area contributed by atoms with E-state index in [0.29, 0.717) is 12.4 Å². The van der Waals surface area contributed by atoms with Crippen LogP contribution in [0.25, 0.3) is 0 Å². The smallest absolute Gasteiger partial charge is 0.210 e. The molecule has 4 N–H and O–H groups in total. The van der Waals surface area contributed by atoms with Crippen LogP contribution in [0.1, 0.15) is 12.8 Å². The van der Waals surface area contributed by atoms with Gasteiger partial charge in [0.05, 0.1) is 17.5 Å². The summed E-state index contributed by atoms with van der Waals surface area (Å²) in [5, 5.41) is 2.62. The number of nitrogens with one attached hydrogen (secondary N) is 2. The first-order chi connectivity index (χ1) is 9.12. The molecular weight excluding hydrogens is 264 g/mol. The summed E-state index contributed by atoms with van der Waals surface area (Å²) < 4.78 is 23.4. The lowest BCUT2D eigenvalue weighted by Gasteiger charge is -2.11. The Morgan fingerprint density at radius 2 is 2.11 bits per heavy atom. The Hall–Kier alpha value is -1.60. The Kier molecular flexibility index (Phi) is 4.39. The minimum atomic E-state index is -2.97. The molecule has 1 atom stereocenters. The number of sulfone groups is 1. The maximum atomic E-state index is 11.7. The van der Waals surface area contributed by atoms with Crippen LogP contribution in [0.3, 0.4) is 0 Å². The van der Waals surface area contributed by atoms with E-state index in [2.05, 4.69) is 15.7 Å². The lowest BCUT2D eigenvalue weighted by molar-refractivity contribution is 0.590. The van der Waals surface area contributed by atoms with Gasteiger partial charge in [0.1, 0.15) is 0 Å². The van der Waals surface area contributed by atoms with Gasteiger partial charge in [0.15, 0.2) is 9.84 Å². The van der Waals surface area contributed by atoms with Crippen LogP contribution in [0.15, 0.2) is 35.3 Å². The fraction of sp³-hybridized carbons (Fsp3) is 0.417. The molecule has 19 heavy (non-hydrogen) atoms. The van der Waals surface area contributed by atoms with Crippen LogP contribution in [-0.4, -0.2) is 31.9 Å². The number of aliphatic imine (C=N–C) groups is 1. The summed E-state index contributed by atoms with van der Waals surface area (Å²) in [6, 6.07) is 9.43. The summed E-state index contributed by atoms with van der Waals surface area (Å²) in [5.41, 5.74) is 3.29. The SMILES string of the molecule is NNC(=NCC1CCCS1(=O)=O)Nc1ccccc1. The number of hydrogen-bond acceptors (Lipinski definition) is 4. The molecule has 104 valence electrons. The zero-order chi connectivity index (χ0) is 13.7. The van der Waals surface area contributed by atoms with Gasteiger partial charge in [-0.15, -0.1) is 0 Å². The van der Waals surface area contributed by atoms with Crippen molar-refractivity contribution in [2.75, 3.05) is 17.6 Å². The number of para-hydroxylation sites is 1. The van der Waals surface area contributed by atoms with Crippen LogP contribution >= 0.6 is 0 Å². The summed E-state index contributed by atoms with van der Waals surface area (Å²) in [5.74, 6) is 6.02. The fourth-order valence-electron chi connectivity index (χ4n) is 2.04. The third-order valence-electron chi connectivity index (χ3n) is 3.09. The van der Waals surface area contributed by atoms with Gasteiger partial charge in [-0.25, -0.2) is 14.3 Å². The topological polar surface area (TPSA) is 96.6 Å². The molecular formula is C12H18N4O2S. The van der Waals surface area contributed by atoms with Crippen LogP contribution < -0.4 is 16.6 Å². The predicted molar refractivity (Wildman–Crippen MR) is 76.5 cm³/mol. The van der Waals surface area contributed by atoms with Crippen molar-refractivity contribution in [1.29, 1.82) is 0 Å². The number of nitrogens with zero attached hydrogens (tertiary/aromatic N) is 1. The zero-order valence-corrected chi connectivity index (χ0v) is 11.4. The highest BCUT2D eigenvalue weighted by molar-refractivity contribution is 7.92. The first-order valence-electron chi connectivity index (χ1n) is 6.16. The second-order valence-electron chi connectivity index (χ2n) is 4.46. The van der Waals surface area contributed by atoms with Crippen molar-refractivity contribution in [3.05, 3.63) is 30.3 Å². The van der Waals surface area contributed by atoms with E-state index in [9.17, 15) is 8.42 Å². The van der Waals surface area contributed by atoms with Crippen LogP contribution in [-0.2, 0) is 9.84 Å². The largest absolute Gasteiger partial charge is 0.325 e. The predicted octanol–water partition coefficient (Wildman–Crippen LogP) is 0.495. The number of nitrogens with two attached hydrogens (primary N) is 1. The highest BCUT2D eigenvalue weighted by Crippen LogP contribution is 2.20. The van der Waals surface area contributed by atoms with E-state index in [1.165, 1.54) is 0 Å². The molecule has 0 radical (unpaired) electrons. The molecule has 1 aliphatic rings. The third kappa shape index (κ3) is 3.68. The first kappa shape index (κ1) is 13.8.